The predicted octanol–water partition coefficient (Wildman–Crippen LogP) is 1.18. The quantitative estimate of drug-likeness (QED) is 0.744. The van der Waals surface area contributed by atoms with E-state index in [0.29, 0.717) is 0 Å². The second kappa shape index (κ2) is 5.83. The normalized spacial score (nSPS) is 28.6. The molecule has 1 rings (SSSR count). The molecular formula is C12H26N2O. The van der Waals surface area contributed by atoms with Gasteiger partial charge in [-0.15, -0.1) is 0 Å². The van der Waals surface area contributed by atoms with E-state index in [9.17, 15) is 5.11 Å². The van der Waals surface area contributed by atoms with Gasteiger partial charge in [-0.1, -0.05) is 13.3 Å². The van der Waals surface area contributed by atoms with Crippen LogP contribution in [0.2, 0.25) is 0 Å². The van der Waals surface area contributed by atoms with Gasteiger partial charge in [0, 0.05) is 13.1 Å². The van der Waals surface area contributed by atoms with Gasteiger partial charge in [0.2, 0.25) is 0 Å². The van der Waals surface area contributed by atoms with E-state index in [2.05, 4.69) is 30.8 Å². The van der Waals surface area contributed by atoms with Crippen molar-refractivity contribution in [3.8, 4) is 0 Å². The number of piperidine rings is 1. The molecule has 1 heterocycles. The SMILES string of the molecule is CCCCN(C)C[C@]1(O)CCCN(C)C1. The Morgan fingerprint density at radius 3 is 2.80 bits per heavy atom. The monoisotopic (exact) mass is 214 g/mol. The van der Waals surface area contributed by atoms with Crippen LogP contribution in [0.5, 0.6) is 0 Å². The summed E-state index contributed by atoms with van der Waals surface area (Å²) in [6.45, 7) is 6.07. The molecule has 0 radical (unpaired) electrons. The third-order valence-electron chi connectivity index (χ3n) is 3.20. The van der Waals surface area contributed by atoms with Crippen molar-refractivity contribution in [1.82, 2.24) is 9.80 Å². The van der Waals surface area contributed by atoms with Crippen LogP contribution in [0.15, 0.2) is 0 Å². The maximum atomic E-state index is 10.4. The molecule has 3 heteroatoms. The minimum atomic E-state index is -0.477. The number of hydrogen-bond donors (Lipinski definition) is 1. The van der Waals surface area contributed by atoms with E-state index in [1.165, 1.54) is 12.8 Å². The van der Waals surface area contributed by atoms with Crippen molar-refractivity contribution in [2.75, 3.05) is 40.3 Å². The number of hydrogen-bond acceptors (Lipinski definition) is 3. The van der Waals surface area contributed by atoms with Gasteiger partial charge < -0.3 is 14.9 Å². The molecule has 0 aliphatic carbocycles. The number of rotatable bonds is 5. The molecule has 1 fully saturated rings. The molecule has 0 aromatic carbocycles. The number of likely N-dealkylation sites (tertiary alicyclic amines) is 1. The fraction of sp³-hybridized carbons (Fsp3) is 1.00. The standard InChI is InChI=1S/C12H26N2O/c1-4-5-8-13(2)10-12(15)7-6-9-14(3)11-12/h15H,4-11H2,1-3H3/t12-/m1/s1. The van der Waals surface area contributed by atoms with Crippen molar-refractivity contribution in [1.29, 1.82) is 0 Å². The molecule has 1 saturated heterocycles. The van der Waals surface area contributed by atoms with E-state index in [1.807, 2.05) is 0 Å². The van der Waals surface area contributed by atoms with E-state index in [4.69, 9.17) is 0 Å². The summed E-state index contributed by atoms with van der Waals surface area (Å²) in [7, 11) is 4.21. The van der Waals surface area contributed by atoms with E-state index >= 15 is 0 Å². The Morgan fingerprint density at radius 1 is 1.47 bits per heavy atom. The third-order valence-corrected chi connectivity index (χ3v) is 3.20. The highest BCUT2D eigenvalue weighted by atomic mass is 16.3. The fourth-order valence-electron chi connectivity index (χ4n) is 2.48. The van der Waals surface area contributed by atoms with E-state index in [-0.39, 0.29) is 0 Å². The number of likely N-dealkylation sites (N-methyl/N-ethyl adjacent to an activating group) is 2. The van der Waals surface area contributed by atoms with Crippen LogP contribution >= 0.6 is 0 Å². The second-order valence-electron chi connectivity index (χ2n) is 5.16. The number of aliphatic hydroxyl groups is 1. The lowest BCUT2D eigenvalue weighted by molar-refractivity contribution is -0.0429. The van der Waals surface area contributed by atoms with Crippen LogP contribution in [0.25, 0.3) is 0 Å². The molecular weight excluding hydrogens is 188 g/mol. The van der Waals surface area contributed by atoms with Crippen LogP contribution in [0.4, 0.5) is 0 Å². The molecule has 0 aromatic heterocycles. The third kappa shape index (κ3) is 4.49. The lowest BCUT2D eigenvalue weighted by atomic mass is 9.92. The fourth-order valence-corrected chi connectivity index (χ4v) is 2.48. The summed E-state index contributed by atoms with van der Waals surface area (Å²) in [4.78, 5) is 4.50. The summed E-state index contributed by atoms with van der Waals surface area (Å²) >= 11 is 0. The first-order valence-electron chi connectivity index (χ1n) is 6.15. The zero-order valence-electron chi connectivity index (χ0n) is 10.5. The molecule has 1 aliphatic heterocycles. The van der Waals surface area contributed by atoms with Crippen molar-refractivity contribution >= 4 is 0 Å². The molecule has 90 valence electrons. The summed E-state index contributed by atoms with van der Waals surface area (Å²) in [6.07, 6.45) is 4.52. The number of nitrogens with zero attached hydrogens (tertiary/aromatic N) is 2. The minimum Gasteiger partial charge on any atom is -0.387 e. The Labute approximate surface area is 94.1 Å². The first-order valence-corrected chi connectivity index (χ1v) is 6.15. The zero-order chi connectivity index (χ0) is 11.3. The summed E-state index contributed by atoms with van der Waals surface area (Å²) < 4.78 is 0. The Hall–Kier alpha value is -0.120. The highest BCUT2D eigenvalue weighted by Gasteiger charge is 2.32. The summed E-state index contributed by atoms with van der Waals surface area (Å²) in [5.74, 6) is 0. The van der Waals surface area contributed by atoms with Gasteiger partial charge in [-0.2, -0.15) is 0 Å². The zero-order valence-corrected chi connectivity index (χ0v) is 10.5. The van der Waals surface area contributed by atoms with E-state index < -0.39 is 5.60 Å². The van der Waals surface area contributed by atoms with Crippen LogP contribution in [0, 0.1) is 0 Å². The average Bonchev–Trinajstić information content (AvgIpc) is 2.13. The van der Waals surface area contributed by atoms with Gasteiger partial charge in [0.05, 0.1) is 5.60 Å². The van der Waals surface area contributed by atoms with Gasteiger partial charge >= 0.3 is 0 Å². The van der Waals surface area contributed by atoms with Gasteiger partial charge in [-0.25, -0.2) is 0 Å². The summed E-state index contributed by atoms with van der Waals surface area (Å²) in [6, 6.07) is 0. The van der Waals surface area contributed by atoms with Crippen molar-refractivity contribution < 1.29 is 5.11 Å². The lowest BCUT2D eigenvalue weighted by Crippen LogP contribution is -2.52. The minimum absolute atomic E-state index is 0.477. The highest BCUT2D eigenvalue weighted by molar-refractivity contribution is 4.88. The van der Waals surface area contributed by atoms with Crippen molar-refractivity contribution in [2.24, 2.45) is 0 Å². The van der Waals surface area contributed by atoms with Crippen molar-refractivity contribution in [3.05, 3.63) is 0 Å². The molecule has 0 unspecified atom stereocenters. The number of unbranched alkanes of at least 4 members (excludes halogenated alkanes) is 1. The highest BCUT2D eigenvalue weighted by Crippen LogP contribution is 2.20. The smallest absolute Gasteiger partial charge is 0.0900 e. The van der Waals surface area contributed by atoms with Gasteiger partial charge in [0.25, 0.3) is 0 Å². The molecule has 1 N–H and O–H groups in total. The predicted molar refractivity (Wildman–Crippen MR) is 64.1 cm³/mol. The van der Waals surface area contributed by atoms with Gasteiger partial charge in [0.15, 0.2) is 0 Å². The van der Waals surface area contributed by atoms with Crippen molar-refractivity contribution in [2.45, 2.75) is 38.2 Å². The average molecular weight is 214 g/mol. The largest absolute Gasteiger partial charge is 0.387 e. The lowest BCUT2D eigenvalue weighted by Gasteiger charge is -2.39. The Bertz CT molecular complexity index is 186. The molecule has 3 nitrogen and oxygen atoms in total. The first-order chi connectivity index (χ1) is 7.06. The van der Waals surface area contributed by atoms with E-state index in [0.717, 1.165) is 39.0 Å². The Morgan fingerprint density at radius 2 is 2.20 bits per heavy atom. The van der Waals surface area contributed by atoms with Gasteiger partial charge in [-0.05, 0) is 46.4 Å². The molecule has 0 saturated carbocycles. The second-order valence-corrected chi connectivity index (χ2v) is 5.16. The van der Waals surface area contributed by atoms with Crippen LogP contribution < -0.4 is 0 Å². The summed E-state index contributed by atoms with van der Waals surface area (Å²) in [5.41, 5.74) is -0.477. The Balaban J connectivity index is 2.34. The molecule has 0 aromatic rings. The summed E-state index contributed by atoms with van der Waals surface area (Å²) in [5, 5.41) is 10.4. The molecule has 0 amide bonds. The van der Waals surface area contributed by atoms with Crippen LogP contribution in [0.3, 0.4) is 0 Å². The molecule has 0 bridgehead atoms. The van der Waals surface area contributed by atoms with Gasteiger partial charge in [-0.3, -0.25) is 0 Å². The van der Waals surface area contributed by atoms with Crippen LogP contribution in [-0.4, -0.2) is 60.8 Å². The molecule has 1 aliphatic rings. The molecule has 0 spiro atoms. The van der Waals surface area contributed by atoms with Crippen molar-refractivity contribution in [3.63, 3.8) is 0 Å². The maximum absolute atomic E-state index is 10.4. The van der Waals surface area contributed by atoms with Gasteiger partial charge in [0.1, 0.15) is 0 Å². The molecule has 15 heavy (non-hydrogen) atoms. The molecule has 1 atom stereocenters. The maximum Gasteiger partial charge on any atom is 0.0900 e. The number of β-amino-alcohol motifs (C(OH)–C–C–N with tert-alkyl or cyclic N) is 1. The van der Waals surface area contributed by atoms with Crippen LogP contribution in [-0.2, 0) is 0 Å². The van der Waals surface area contributed by atoms with E-state index in [1.54, 1.807) is 0 Å². The Kier molecular flexibility index (Phi) is 5.03. The topological polar surface area (TPSA) is 26.7 Å². The first kappa shape index (κ1) is 12.9. The van der Waals surface area contributed by atoms with Crippen LogP contribution in [0.1, 0.15) is 32.6 Å².